The Labute approximate surface area is 216 Å². The Morgan fingerprint density at radius 1 is 1.03 bits per heavy atom. The van der Waals surface area contributed by atoms with Crippen molar-refractivity contribution in [3.05, 3.63) is 59.5 Å². The van der Waals surface area contributed by atoms with Gasteiger partial charge in [0.15, 0.2) is 10.1 Å². The van der Waals surface area contributed by atoms with Crippen LogP contribution in [-0.4, -0.2) is 70.3 Å². The topological polar surface area (TPSA) is 125 Å². The molecule has 3 aromatic rings. The zero-order chi connectivity index (χ0) is 25.5. The standard InChI is InChI=1S/C24H25N5O5S2/c1-16(30)25-17-4-2-5-18(12-17)26-21(31)15-36-24-27-19(14-35-24)13-22(32)28-7-9-29(10-8-28)23(33)20-6-3-11-34-20/h2-6,11-12,14H,7-10,13,15H2,1H3,(H,25,30)(H,26,31). The fourth-order valence-electron chi connectivity index (χ4n) is 3.62. The number of furan rings is 1. The molecule has 36 heavy (non-hydrogen) atoms. The number of benzene rings is 1. The van der Waals surface area contributed by atoms with Crippen molar-refractivity contribution in [3.8, 4) is 0 Å². The van der Waals surface area contributed by atoms with Crippen molar-refractivity contribution in [1.82, 2.24) is 14.8 Å². The minimum atomic E-state index is -0.199. The predicted molar refractivity (Wildman–Crippen MR) is 137 cm³/mol. The first-order chi connectivity index (χ1) is 17.4. The molecule has 10 nitrogen and oxygen atoms in total. The molecule has 2 N–H and O–H groups in total. The van der Waals surface area contributed by atoms with Gasteiger partial charge in [-0.2, -0.15) is 0 Å². The largest absolute Gasteiger partial charge is 0.459 e. The van der Waals surface area contributed by atoms with Gasteiger partial charge in [0, 0.05) is 49.9 Å². The van der Waals surface area contributed by atoms with Gasteiger partial charge in [-0.25, -0.2) is 4.98 Å². The van der Waals surface area contributed by atoms with Gasteiger partial charge in [0.2, 0.25) is 17.7 Å². The summed E-state index contributed by atoms with van der Waals surface area (Å²) in [5.41, 5.74) is 1.85. The van der Waals surface area contributed by atoms with Gasteiger partial charge in [-0.05, 0) is 30.3 Å². The average Bonchev–Trinajstić information content (AvgIpc) is 3.55. The van der Waals surface area contributed by atoms with Crippen molar-refractivity contribution in [3.63, 3.8) is 0 Å². The average molecular weight is 528 g/mol. The number of amides is 4. The number of carbonyl (C=O) groups is 4. The third kappa shape index (κ3) is 6.95. The van der Waals surface area contributed by atoms with E-state index in [9.17, 15) is 19.2 Å². The smallest absolute Gasteiger partial charge is 0.289 e. The van der Waals surface area contributed by atoms with Crippen molar-refractivity contribution >= 4 is 58.1 Å². The van der Waals surface area contributed by atoms with E-state index in [1.54, 1.807) is 46.2 Å². The highest BCUT2D eigenvalue weighted by Gasteiger charge is 2.26. The number of piperazine rings is 1. The number of anilines is 2. The van der Waals surface area contributed by atoms with Crippen molar-refractivity contribution in [2.45, 2.75) is 17.7 Å². The summed E-state index contributed by atoms with van der Waals surface area (Å²) in [4.78, 5) is 56.5. The van der Waals surface area contributed by atoms with Crippen LogP contribution >= 0.6 is 23.1 Å². The van der Waals surface area contributed by atoms with Crippen LogP contribution in [0.5, 0.6) is 0 Å². The lowest BCUT2D eigenvalue weighted by Crippen LogP contribution is -2.50. The van der Waals surface area contributed by atoms with E-state index in [4.69, 9.17) is 4.42 Å². The zero-order valence-corrected chi connectivity index (χ0v) is 21.2. The number of hydrogen-bond acceptors (Lipinski definition) is 8. The Morgan fingerprint density at radius 2 is 1.75 bits per heavy atom. The van der Waals surface area contributed by atoms with Crippen LogP contribution in [0.4, 0.5) is 11.4 Å². The summed E-state index contributed by atoms with van der Waals surface area (Å²) in [6.07, 6.45) is 1.64. The Kier molecular flexibility index (Phi) is 8.39. The van der Waals surface area contributed by atoms with Crippen LogP contribution in [0, 0.1) is 0 Å². The van der Waals surface area contributed by atoms with Gasteiger partial charge in [-0.3, -0.25) is 19.2 Å². The molecule has 1 saturated heterocycles. The number of hydrogen-bond donors (Lipinski definition) is 2. The molecule has 2 aromatic heterocycles. The van der Waals surface area contributed by atoms with Gasteiger partial charge in [-0.15, -0.1) is 11.3 Å². The maximum Gasteiger partial charge on any atom is 0.289 e. The maximum absolute atomic E-state index is 12.7. The van der Waals surface area contributed by atoms with E-state index in [2.05, 4.69) is 15.6 Å². The van der Waals surface area contributed by atoms with Crippen LogP contribution in [0.3, 0.4) is 0 Å². The number of rotatable bonds is 8. The monoisotopic (exact) mass is 527 g/mol. The molecule has 1 aliphatic heterocycles. The van der Waals surface area contributed by atoms with Gasteiger partial charge >= 0.3 is 0 Å². The van der Waals surface area contributed by atoms with E-state index in [0.717, 1.165) is 0 Å². The summed E-state index contributed by atoms with van der Waals surface area (Å²) in [5, 5.41) is 7.30. The molecule has 0 spiro atoms. The SMILES string of the molecule is CC(=O)Nc1cccc(NC(=O)CSc2nc(CC(=O)N3CCN(C(=O)c4ccco4)CC3)cs2)c1. The summed E-state index contributed by atoms with van der Waals surface area (Å²) in [6.45, 7) is 3.24. The van der Waals surface area contributed by atoms with Crippen molar-refractivity contribution in [2.75, 3.05) is 42.6 Å². The molecule has 12 heteroatoms. The molecule has 0 unspecified atom stereocenters. The molecule has 0 bridgehead atoms. The Hall–Kier alpha value is -3.64. The van der Waals surface area contributed by atoms with Crippen LogP contribution in [-0.2, 0) is 20.8 Å². The summed E-state index contributed by atoms with van der Waals surface area (Å²) in [5.74, 6) is -0.132. The number of nitrogens with one attached hydrogen (secondary N) is 2. The fourth-order valence-corrected chi connectivity index (χ4v) is 5.26. The first kappa shape index (κ1) is 25.5. The Morgan fingerprint density at radius 3 is 2.44 bits per heavy atom. The van der Waals surface area contributed by atoms with E-state index < -0.39 is 0 Å². The van der Waals surface area contributed by atoms with Gasteiger partial charge in [0.1, 0.15) is 0 Å². The number of thioether (sulfide) groups is 1. The lowest BCUT2D eigenvalue weighted by Gasteiger charge is -2.34. The quantitative estimate of drug-likeness (QED) is 0.432. The molecule has 0 radical (unpaired) electrons. The van der Waals surface area contributed by atoms with Crippen LogP contribution in [0.15, 0.2) is 56.8 Å². The molecular weight excluding hydrogens is 502 g/mol. The third-order valence-electron chi connectivity index (χ3n) is 5.31. The predicted octanol–water partition coefficient (Wildman–Crippen LogP) is 2.95. The number of aromatic nitrogens is 1. The van der Waals surface area contributed by atoms with Crippen LogP contribution in [0.1, 0.15) is 23.2 Å². The van der Waals surface area contributed by atoms with E-state index in [0.29, 0.717) is 53.3 Å². The van der Waals surface area contributed by atoms with Crippen LogP contribution in [0.25, 0.3) is 0 Å². The second-order valence-electron chi connectivity index (χ2n) is 8.03. The van der Waals surface area contributed by atoms with E-state index in [1.165, 1.54) is 36.3 Å². The Balaban J connectivity index is 1.20. The van der Waals surface area contributed by atoms with E-state index >= 15 is 0 Å². The normalized spacial score (nSPS) is 13.4. The third-order valence-corrected chi connectivity index (χ3v) is 7.38. The summed E-state index contributed by atoms with van der Waals surface area (Å²) in [7, 11) is 0. The number of nitrogens with zero attached hydrogens (tertiary/aromatic N) is 3. The molecule has 4 amide bonds. The molecule has 0 aliphatic carbocycles. The summed E-state index contributed by atoms with van der Waals surface area (Å²) >= 11 is 2.68. The van der Waals surface area contributed by atoms with Crippen molar-refractivity contribution in [2.24, 2.45) is 0 Å². The molecular formula is C24H25N5O5S2. The molecule has 1 aliphatic rings. The van der Waals surface area contributed by atoms with Crippen LogP contribution < -0.4 is 10.6 Å². The highest BCUT2D eigenvalue weighted by molar-refractivity contribution is 8.01. The van der Waals surface area contributed by atoms with E-state index in [1.807, 2.05) is 5.38 Å². The van der Waals surface area contributed by atoms with Crippen molar-refractivity contribution in [1.29, 1.82) is 0 Å². The highest BCUT2D eigenvalue weighted by Crippen LogP contribution is 2.24. The minimum absolute atomic E-state index is 0.0428. The molecule has 1 aromatic carbocycles. The summed E-state index contributed by atoms with van der Waals surface area (Å²) in [6, 6.07) is 10.2. The van der Waals surface area contributed by atoms with Gasteiger partial charge in [0.05, 0.1) is 24.1 Å². The van der Waals surface area contributed by atoms with Crippen LogP contribution in [0.2, 0.25) is 0 Å². The number of carbonyl (C=O) groups excluding carboxylic acids is 4. The first-order valence-electron chi connectivity index (χ1n) is 11.2. The molecule has 188 valence electrons. The first-order valence-corrected chi connectivity index (χ1v) is 13.1. The summed E-state index contributed by atoms with van der Waals surface area (Å²) < 4.78 is 5.87. The molecule has 1 fully saturated rings. The second kappa shape index (κ2) is 11.9. The maximum atomic E-state index is 12.7. The van der Waals surface area contributed by atoms with Gasteiger partial charge < -0.3 is 24.9 Å². The minimum Gasteiger partial charge on any atom is -0.459 e. The van der Waals surface area contributed by atoms with E-state index in [-0.39, 0.29) is 35.8 Å². The lowest BCUT2D eigenvalue weighted by molar-refractivity contribution is -0.132. The fraction of sp³-hybridized carbons (Fsp3) is 0.292. The lowest BCUT2D eigenvalue weighted by atomic mass is 10.2. The zero-order valence-electron chi connectivity index (χ0n) is 19.6. The van der Waals surface area contributed by atoms with Gasteiger partial charge in [0.25, 0.3) is 5.91 Å². The van der Waals surface area contributed by atoms with Gasteiger partial charge in [-0.1, -0.05) is 17.8 Å². The highest BCUT2D eigenvalue weighted by atomic mass is 32.2. The number of thiazole rings is 1. The van der Waals surface area contributed by atoms with Crippen molar-refractivity contribution < 1.29 is 23.6 Å². The molecule has 3 heterocycles. The second-order valence-corrected chi connectivity index (χ2v) is 10.1. The molecule has 0 atom stereocenters. The Bertz CT molecular complexity index is 1240. The molecule has 0 saturated carbocycles. The molecule has 4 rings (SSSR count).